The first-order valence-electron chi connectivity index (χ1n) is 6.60. The Morgan fingerprint density at radius 1 is 1.26 bits per heavy atom. The molecule has 1 amide bonds. The Morgan fingerprint density at radius 3 is 2.32 bits per heavy atom. The molecule has 0 saturated carbocycles. The van der Waals surface area contributed by atoms with Crippen molar-refractivity contribution in [1.82, 2.24) is 4.90 Å². The third-order valence-corrected chi connectivity index (χ3v) is 3.04. The first kappa shape index (κ1) is 15.8. The number of esters is 1. The molecule has 0 spiro atoms. The second-order valence-electron chi connectivity index (χ2n) is 6.95. The largest absolute Gasteiger partial charge is 0.469 e. The lowest BCUT2D eigenvalue weighted by Gasteiger charge is -2.41. The lowest BCUT2D eigenvalue weighted by molar-refractivity contribution is -0.149. The molecule has 1 heterocycles. The van der Waals surface area contributed by atoms with Crippen LogP contribution in [0, 0.1) is 11.3 Å². The zero-order valence-electron chi connectivity index (χ0n) is 12.8. The Kier molecular flexibility index (Phi) is 4.48. The summed E-state index contributed by atoms with van der Waals surface area (Å²) < 4.78 is 10.2. The standard InChI is InChI=1S/C14H25NO4/c1-13(2,3)19-12(17)15-8-10(11(16)18-6)7-14(4,5)9-15/h10H,7-9H2,1-6H3. The molecule has 1 fully saturated rings. The normalized spacial score (nSPS) is 22.8. The minimum Gasteiger partial charge on any atom is -0.469 e. The van der Waals surface area contributed by atoms with Crippen LogP contribution < -0.4 is 0 Å². The number of piperidine rings is 1. The van der Waals surface area contributed by atoms with Gasteiger partial charge in [0.15, 0.2) is 0 Å². The topological polar surface area (TPSA) is 55.8 Å². The molecule has 0 bridgehead atoms. The fourth-order valence-corrected chi connectivity index (χ4v) is 2.43. The van der Waals surface area contributed by atoms with E-state index >= 15 is 0 Å². The predicted octanol–water partition coefficient (Wildman–Crippen LogP) is 2.44. The van der Waals surface area contributed by atoms with E-state index in [1.807, 2.05) is 34.6 Å². The van der Waals surface area contributed by atoms with E-state index < -0.39 is 5.60 Å². The second kappa shape index (κ2) is 5.39. The van der Waals surface area contributed by atoms with Crippen LogP contribution in [0.2, 0.25) is 0 Å². The van der Waals surface area contributed by atoms with Crippen molar-refractivity contribution in [3.63, 3.8) is 0 Å². The summed E-state index contributed by atoms with van der Waals surface area (Å²) in [5.74, 6) is -0.539. The second-order valence-corrected chi connectivity index (χ2v) is 6.95. The van der Waals surface area contributed by atoms with Gasteiger partial charge in [-0.1, -0.05) is 13.8 Å². The molecule has 1 aliphatic rings. The fourth-order valence-electron chi connectivity index (χ4n) is 2.43. The molecule has 0 aromatic carbocycles. The smallest absolute Gasteiger partial charge is 0.410 e. The van der Waals surface area contributed by atoms with E-state index in [-0.39, 0.29) is 23.4 Å². The van der Waals surface area contributed by atoms with Crippen molar-refractivity contribution in [3.8, 4) is 0 Å². The highest BCUT2D eigenvalue weighted by Crippen LogP contribution is 2.33. The van der Waals surface area contributed by atoms with Crippen molar-refractivity contribution >= 4 is 12.1 Å². The van der Waals surface area contributed by atoms with Gasteiger partial charge in [-0.15, -0.1) is 0 Å². The van der Waals surface area contributed by atoms with E-state index in [0.717, 1.165) is 6.42 Å². The van der Waals surface area contributed by atoms with Crippen molar-refractivity contribution in [1.29, 1.82) is 0 Å². The molecular formula is C14H25NO4. The third-order valence-electron chi connectivity index (χ3n) is 3.04. The Balaban J connectivity index is 2.78. The van der Waals surface area contributed by atoms with Crippen LogP contribution in [0.25, 0.3) is 0 Å². The molecule has 110 valence electrons. The van der Waals surface area contributed by atoms with Gasteiger partial charge in [-0.2, -0.15) is 0 Å². The van der Waals surface area contributed by atoms with Crippen LogP contribution in [0.3, 0.4) is 0 Å². The molecular weight excluding hydrogens is 246 g/mol. The molecule has 0 aromatic rings. The summed E-state index contributed by atoms with van der Waals surface area (Å²) in [5, 5.41) is 0. The highest BCUT2D eigenvalue weighted by molar-refractivity contribution is 5.75. The van der Waals surface area contributed by atoms with E-state index in [1.165, 1.54) is 7.11 Å². The van der Waals surface area contributed by atoms with Gasteiger partial charge in [-0.05, 0) is 32.6 Å². The lowest BCUT2D eigenvalue weighted by atomic mass is 9.78. The summed E-state index contributed by atoms with van der Waals surface area (Å²) in [6.07, 6.45) is 0.355. The van der Waals surface area contributed by atoms with Gasteiger partial charge in [0.05, 0.1) is 13.0 Å². The quantitative estimate of drug-likeness (QED) is 0.687. The highest BCUT2D eigenvalue weighted by atomic mass is 16.6. The maximum atomic E-state index is 12.1. The zero-order chi connectivity index (χ0) is 14.8. The molecule has 1 rings (SSSR count). The number of likely N-dealkylation sites (tertiary alicyclic amines) is 1. The molecule has 0 N–H and O–H groups in total. The van der Waals surface area contributed by atoms with E-state index in [0.29, 0.717) is 13.1 Å². The number of amides is 1. The molecule has 1 unspecified atom stereocenters. The number of rotatable bonds is 1. The molecule has 0 aliphatic carbocycles. The van der Waals surface area contributed by atoms with Gasteiger partial charge < -0.3 is 14.4 Å². The van der Waals surface area contributed by atoms with E-state index in [9.17, 15) is 9.59 Å². The maximum Gasteiger partial charge on any atom is 0.410 e. The van der Waals surface area contributed by atoms with Crippen molar-refractivity contribution < 1.29 is 19.1 Å². The van der Waals surface area contributed by atoms with E-state index in [4.69, 9.17) is 9.47 Å². The average Bonchev–Trinajstić information content (AvgIpc) is 2.23. The van der Waals surface area contributed by atoms with Gasteiger partial charge in [0.1, 0.15) is 5.60 Å². The molecule has 0 aromatic heterocycles. The van der Waals surface area contributed by atoms with E-state index in [2.05, 4.69) is 0 Å². The van der Waals surface area contributed by atoms with Crippen LogP contribution in [0.5, 0.6) is 0 Å². The first-order valence-corrected chi connectivity index (χ1v) is 6.60. The zero-order valence-corrected chi connectivity index (χ0v) is 12.8. The average molecular weight is 271 g/mol. The van der Waals surface area contributed by atoms with E-state index in [1.54, 1.807) is 4.90 Å². The summed E-state index contributed by atoms with van der Waals surface area (Å²) in [4.78, 5) is 25.4. The predicted molar refractivity (Wildman–Crippen MR) is 71.7 cm³/mol. The van der Waals surface area contributed by atoms with Crippen LogP contribution in [0.15, 0.2) is 0 Å². The number of ether oxygens (including phenoxy) is 2. The first-order chi connectivity index (χ1) is 8.54. The number of hydrogen-bond donors (Lipinski definition) is 0. The summed E-state index contributed by atoms with van der Waals surface area (Å²) in [6, 6.07) is 0. The van der Waals surface area contributed by atoms with Crippen LogP contribution in [0.4, 0.5) is 4.79 Å². The van der Waals surface area contributed by atoms with Gasteiger partial charge in [-0.3, -0.25) is 4.79 Å². The van der Waals surface area contributed by atoms with Gasteiger partial charge in [0.25, 0.3) is 0 Å². The van der Waals surface area contributed by atoms with Crippen molar-refractivity contribution in [2.24, 2.45) is 11.3 Å². The summed E-state index contributed by atoms with van der Waals surface area (Å²) in [5.41, 5.74) is -0.645. The lowest BCUT2D eigenvalue weighted by Crippen LogP contribution is -2.50. The number of hydrogen-bond acceptors (Lipinski definition) is 4. The summed E-state index contributed by atoms with van der Waals surface area (Å²) in [7, 11) is 1.38. The molecule has 0 radical (unpaired) electrons. The van der Waals surface area contributed by atoms with Crippen LogP contribution in [-0.4, -0.2) is 42.8 Å². The van der Waals surface area contributed by atoms with Crippen LogP contribution in [-0.2, 0) is 14.3 Å². The fraction of sp³-hybridized carbons (Fsp3) is 0.857. The summed E-state index contributed by atoms with van der Waals surface area (Å²) in [6.45, 7) is 10.5. The van der Waals surface area contributed by atoms with Gasteiger partial charge in [0, 0.05) is 13.1 Å². The minimum atomic E-state index is -0.528. The Morgan fingerprint density at radius 2 is 1.84 bits per heavy atom. The maximum absolute atomic E-state index is 12.1. The summed E-state index contributed by atoms with van der Waals surface area (Å²) >= 11 is 0. The minimum absolute atomic E-state index is 0.117. The Bertz CT molecular complexity index is 357. The molecule has 19 heavy (non-hydrogen) atoms. The van der Waals surface area contributed by atoms with Crippen LogP contribution >= 0.6 is 0 Å². The Labute approximate surface area is 115 Å². The Hall–Kier alpha value is -1.26. The SMILES string of the molecule is COC(=O)C1CN(C(=O)OC(C)(C)C)CC(C)(C)C1. The van der Waals surface area contributed by atoms with Crippen molar-refractivity contribution in [2.45, 2.75) is 46.6 Å². The highest BCUT2D eigenvalue weighted by Gasteiger charge is 2.39. The number of nitrogens with zero attached hydrogens (tertiary/aromatic N) is 1. The molecule has 5 nitrogen and oxygen atoms in total. The van der Waals surface area contributed by atoms with Crippen molar-refractivity contribution in [3.05, 3.63) is 0 Å². The number of carbonyl (C=O) groups is 2. The molecule has 1 aliphatic heterocycles. The molecule has 1 atom stereocenters. The van der Waals surface area contributed by atoms with Gasteiger partial charge >= 0.3 is 12.1 Å². The molecule has 5 heteroatoms. The third kappa shape index (κ3) is 4.73. The van der Waals surface area contributed by atoms with Crippen LogP contribution in [0.1, 0.15) is 41.0 Å². The van der Waals surface area contributed by atoms with Gasteiger partial charge in [-0.25, -0.2) is 4.79 Å². The van der Waals surface area contributed by atoms with Gasteiger partial charge in [0.2, 0.25) is 0 Å². The number of methoxy groups -OCH3 is 1. The monoisotopic (exact) mass is 271 g/mol. The van der Waals surface area contributed by atoms with Crippen molar-refractivity contribution in [2.75, 3.05) is 20.2 Å². The number of carbonyl (C=O) groups excluding carboxylic acids is 2. The molecule has 1 saturated heterocycles.